The maximum atomic E-state index is 11.3. The summed E-state index contributed by atoms with van der Waals surface area (Å²) in [4.78, 5) is 24.1. The van der Waals surface area contributed by atoms with E-state index in [9.17, 15) is 4.79 Å². The van der Waals surface area contributed by atoms with E-state index in [1.54, 1.807) is 29.8 Å². The summed E-state index contributed by atoms with van der Waals surface area (Å²) in [6.07, 6.45) is 5.26. The molecule has 0 aliphatic rings. The Labute approximate surface area is 114 Å². The number of hydrogen-bond donors (Lipinski definition) is 0. The molecule has 0 atom stereocenters. The molecule has 0 spiro atoms. The van der Waals surface area contributed by atoms with Gasteiger partial charge in [-0.15, -0.1) is 11.3 Å². The molecule has 0 aromatic carbocycles. The molecule has 0 aliphatic carbocycles. The molecule has 0 saturated carbocycles. The molecule has 0 unspecified atom stereocenters. The SMILES string of the molecule is CC(=O)c1cc2sc(-c3cncc(C)c3)nc2cn1. The van der Waals surface area contributed by atoms with E-state index >= 15 is 0 Å². The van der Waals surface area contributed by atoms with E-state index in [4.69, 9.17) is 0 Å². The van der Waals surface area contributed by atoms with Gasteiger partial charge >= 0.3 is 0 Å². The van der Waals surface area contributed by atoms with Crippen molar-refractivity contribution >= 4 is 27.3 Å². The smallest absolute Gasteiger partial charge is 0.178 e. The van der Waals surface area contributed by atoms with Crippen molar-refractivity contribution in [3.8, 4) is 10.6 Å². The molecule has 0 N–H and O–H groups in total. The summed E-state index contributed by atoms with van der Waals surface area (Å²) in [5, 5.41) is 0.897. The van der Waals surface area contributed by atoms with Crippen LogP contribution in [0.3, 0.4) is 0 Å². The Morgan fingerprint density at radius 1 is 1.21 bits per heavy atom. The van der Waals surface area contributed by atoms with Gasteiger partial charge in [0, 0.05) is 24.9 Å². The highest BCUT2D eigenvalue weighted by Crippen LogP contribution is 2.30. The molecule has 0 amide bonds. The molecule has 5 heteroatoms. The Kier molecular flexibility index (Phi) is 2.83. The first-order chi connectivity index (χ1) is 9.13. The minimum Gasteiger partial charge on any atom is -0.293 e. The average molecular weight is 269 g/mol. The quantitative estimate of drug-likeness (QED) is 0.670. The van der Waals surface area contributed by atoms with E-state index in [0.29, 0.717) is 5.69 Å². The highest BCUT2D eigenvalue weighted by atomic mass is 32.1. The lowest BCUT2D eigenvalue weighted by molar-refractivity contribution is 0.101. The van der Waals surface area contributed by atoms with Gasteiger partial charge in [-0.1, -0.05) is 0 Å². The Morgan fingerprint density at radius 2 is 2.05 bits per heavy atom. The first-order valence-corrected chi connectivity index (χ1v) is 6.65. The zero-order valence-corrected chi connectivity index (χ0v) is 11.4. The second kappa shape index (κ2) is 4.51. The van der Waals surface area contributed by atoms with E-state index in [1.165, 1.54) is 6.92 Å². The molecule has 3 rings (SSSR count). The molecule has 0 aliphatic heterocycles. The summed E-state index contributed by atoms with van der Waals surface area (Å²) in [6, 6.07) is 3.84. The first-order valence-electron chi connectivity index (χ1n) is 5.83. The number of carbonyl (C=O) groups excluding carboxylic acids is 1. The van der Waals surface area contributed by atoms with Crippen LogP contribution in [0.4, 0.5) is 0 Å². The lowest BCUT2D eigenvalue weighted by Gasteiger charge is -1.95. The summed E-state index contributed by atoms with van der Waals surface area (Å²) in [6.45, 7) is 3.51. The van der Waals surface area contributed by atoms with Crippen LogP contribution in [0.5, 0.6) is 0 Å². The molecule has 19 heavy (non-hydrogen) atoms. The minimum atomic E-state index is -0.0333. The minimum absolute atomic E-state index is 0.0333. The number of carbonyl (C=O) groups is 1. The predicted molar refractivity (Wildman–Crippen MR) is 75.4 cm³/mol. The molecule has 0 fully saturated rings. The van der Waals surface area contributed by atoms with Gasteiger partial charge in [0.1, 0.15) is 16.2 Å². The van der Waals surface area contributed by atoms with Crippen LogP contribution in [-0.2, 0) is 0 Å². The van der Waals surface area contributed by atoms with E-state index in [-0.39, 0.29) is 5.78 Å². The van der Waals surface area contributed by atoms with Gasteiger partial charge in [0.15, 0.2) is 5.78 Å². The fourth-order valence-corrected chi connectivity index (χ4v) is 2.77. The summed E-state index contributed by atoms with van der Waals surface area (Å²) >= 11 is 1.55. The van der Waals surface area contributed by atoms with Crippen molar-refractivity contribution in [3.63, 3.8) is 0 Å². The van der Waals surface area contributed by atoms with Crippen LogP contribution in [-0.4, -0.2) is 20.7 Å². The molecular formula is C14H11N3OS. The Hall–Kier alpha value is -2.14. The van der Waals surface area contributed by atoms with Crippen molar-refractivity contribution in [2.75, 3.05) is 0 Å². The highest BCUT2D eigenvalue weighted by molar-refractivity contribution is 7.21. The highest BCUT2D eigenvalue weighted by Gasteiger charge is 2.09. The number of pyridine rings is 2. The Balaban J connectivity index is 2.14. The monoisotopic (exact) mass is 269 g/mol. The number of thiazole rings is 1. The third kappa shape index (κ3) is 2.24. The number of rotatable bonds is 2. The zero-order valence-electron chi connectivity index (χ0n) is 10.5. The van der Waals surface area contributed by atoms with Gasteiger partial charge in [-0.05, 0) is 24.6 Å². The molecule has 3 aromatic rings. The van der Waals surface area contributed by atoms with Crippen molar-refractivity contribution in [2.45, 2.75) is 13.8 Å². The van der Waals surface area contributed by atoms with Crippen LogP contribution in [0.1, 0.15) is 23.0 Å². The second-order valence-electron chi connectivity index (χ2n) is 4.36. The lowest BCUT2D eigenvalue weighted by atomic mass is 10.2. The third-order valence-electron chi connectivity index (χ3n) is 2.76. The Morgan fingerprint density at radius 3 is 2.79 bits per heavy atom. The van der Waals surface area contributed by atoms with E-state index < -0.39 is 0 Å². The Bertz CT molecular complexity index is 779. The van der Waals surface area contributed by atoms with Gasteiger partial charge in [-0.25, -0.2) is 4.98 Å². The van der Waals surface area contributed by atoms with Crippen LogP contribution in [0.25, 0.3) is 20.8 Å². The summed E-state index contributed by atoms with van der Waals surface area (Å²) in [5.74, 6) is -0.0333. The molecule has 0 bridgehead atoms. The van der Waals surface area contributed by atoms with Crippen LogP contribution >= 0.6 is 11.3 Å². The van der Waals surface area contributed by atoms with E-state index in [1.807, 2.05) is 19.2 Å². The predicted octanol–water partition coefficient (Wildman–Crippen LogP) is 3.26. The van der Waals surface area contributed by atoms with Gasteiger partial charge in [0.05, 0.1) is 10.9 Å². The van der Waals surface area contributed by atoms with Crippen molar-refractivity contribution in [2.24, 2.45) is 0 Å². The number of nitrogens with zero attached hydrogens (tertiary/aromatic N) is 3. The number of hydrogen-bond acceptors (Lipinski definition) is 5. The van der Waals surface area contributed by atoms with Gasteiger partial charge in [0.25, 0.3) is 0 Å². The van der Waals surface area contributed by atoms with Crippen molar-refractivity contribution < 1.29 is 4.79 Å². The number of Topliss-reactive ketones (excluding diaryl/α,β-unsaturated/α-hetero) is 1. The number of ketones is 1. The largest absolute Gasteiger partial charge is 0.293 e. The molecular weight excluding hydrogens is 258 g/mol. The van der Waals surface area contributed by atoms with E-state index in [0.717, 1.165) is 26.4 Å². The first kappa shape index (κ1) is 11.9. The normalized spacial score (nSPS) is 10.8. The van der Waals surface area contributed by atoms with Crippen molar-refractivity contribution in [1.82, 2.24) is 15.0 Å². The van der Waals surface area contributed by atoms with Crippen LogP contribution in [0.2, 0.25) is 0 Å². The standard InChI is InChI=1S/C14H11N3OS/c1-8-3-10(6-15-5-8)14-17-12-7-16-11(9(2)18)4-13(12)19-14/h3-7H,1-2H3. The second-order valence-corrected chi connectivity index (χ2v) is 5.39. The molecule has 4 nitrogen and oxygen atoms in total. The summed E-state index contributed by atoms with van der Waals surface area (Å²) in [7, 11) is 0. The third-order valence-corrected chi connectivity index (χ3v) is 3.82. The zero-order chi connectivity index (χ0) is 13.4. The number of aromatic nitrogens is 3. The molecule has 94 valence electrons. The van der Waals surface area contributed by atoms with Gasteiger partial charge in [-0.3, -0.25) is 14.8 Å². The summed E-state index contributed by atoms with van der Waals surface area (Å²) < 4.78 is 0.969. The van der Waals surface area contributed by atoms with Gasteiger partial charge in [0.2, 0.25) is 0 Å². The topological polar surface area (TPSA) is 55.7 Å². The molecule has 3 heterocycles. The lowest BCUT2D eigenvalue weighted by Crippen LogP contribution is -1.94. The summed E-state index contributed by atoms with van der Waals surface area (Å²) in [5.41, 5.74) is 3.38. The van der Waals surface area contributed by atoms with Crippen molar-refractivity contribution in [1.29, 1.82) is 0 Å². The fourth-order valence-electron chi connectivity index (χ4n) is 1.82. The van der Waals surface area contributed by atoms with Gasteiger partial charge in [-0.2, -0.15) is 0 Å². The maximum Gasteiger partial charge on any atom is 0.178 e. The number of fused-ring (bicyclic) bond motifs is 1. The van der Waals surface area contributed by atoms with Crippen molar-refractivity contribution in [3.05, 3.63) is 42.0 Å². The maximum absolute atomic E-state index is 11.3. The number of aryl methyl sites for hydroxylation is 1. The van der Waals surface area contributed by atoms with Crippen LogP contribution < -0.4 is 0 Å². The fraction of sp³-hybridized carbons (Fsp3) is 0.143. The van der Waals surface area contributed by atoms with Crippen LogP contribution in [0, 0.1) is 6.92 Å². The van der Waals surface area contributed by atoms with E-state index in [2.05, 4.69) is 15.0 Å². The van der Waals surface area contributed by atoms with Gasteiger partial charge < -0.3 is 0 Å². The van der Waals surface area contributed by atoms with Crippen LogP contribution in [0.15, 0.2) is 30.7 Å². The molecule has 0 saturated heterocycles. The molecule has 0 radical (unpaired) electrons. The average Bonchev–Trinajstić information content (AvgIpc) is 2.81. The molecule has 3 aromatic heterocycles.